The molecule has 1 rings (SSSR count). The van der Waals surface area contributed by atoms with Crippen LogP contribution in [-0.4, -0.2) is 13.4 Å². The summed E-state index contributed by atoms with van der Waals surface area (Å²) in [4.78, 5) is 10.7. The summed E-state index contributed by atoms with van der Waals surface area (Å²) in [5, 5.41) is 0. The fraction of sp³-hybridized carbons (Fsp3) is 0.533. The van der Waals surface area contributed by atoms with Crippen molar-refractivity contribution >= 4 is 6.29 Å². The number of hydrogen-bond donors (Lipinski definition) is 0. The van der Waals surface area contributed by atoms with Crippen molar-refractivity contribution in [2.45, 2.75) is 39.5 Å². The van der Waals surface area contributed by atoms with Gasteiger partial charge in [0.05, 0.1) is 7.11 Å². The van der Waals surface area contributed by atoms with Crippen LogP contribution in [0.25, 0.3) is 0 Å². The second-order valence-corrected chi connectivity index (χ2v) is 5.60. The highest BCUT2D eigenvalue weighted by molar-refractivity contribution is 5.54. The number of rotatable bonds is 4. The minimum Gasteiger partial charge on any atom is -0.496 e. The molecular formula is C15H22O2. The average molecular weight is 234 g/mol. The first-order valence-electron chi connectivity index (χ1n) is 6.01. The first-order valence-corrected chi connectivity index (χ1v) is 6.01. The predicted octanol–water partition coefficient (Wildman–Crippen LogP) is 3.37. The van der Waals surface area contributed by atoms with Gasteiger partial charge in [-0.1, -0.05) is 39.8 Å². The van der Waals surface area contributed by atoms with Gasteiger partial charge in [0.2, 0.25) is 0 Å². The number of hydrogen-bond acceptors (Lipinski definition) is 2. The van der Waals surface area contributed by atoms with Crippen molar-refractivity contribution in [1.82, 2.24) is 0 Å². The summed E-state index contributed by atoms with van der Waals surface area (Å²) >= 11 is 0. The molecule has 0 radical (unpaired) electrons. The zero-order chi connectivity index (χ0) is 13.1. The molecule has 0 aromatic heterocycles. The Balaban J connectivity index is 3.09. The molecule has 2 heteroatoms. The number of benzene rings is 1. The molecule has 0 aliphatic heterocycles. The Kier molecular flexibility index (Phi) is 4.33. The van der Waals surface area contributed by atoms with Crippen LogP contribution < -0.4 is 4.74 Å². The van der Waals surface area contributed by atoms with Crippen molar-refractivity contribution in [1.29, 1.82) is 0 Å². The van der Waals surface area contributed by atoms with E-state index < -0.39 is 0 Å². The lowest BCUT2D eigenvalue weighted by molar-refractivity contribution is -0.110. The largest absolute Gasteiger partial charge is 0.496 e. The summed E-state index contributed by atoms with van der Waals surface area (Å²) < 4.78 is 5.39. The molecule has 0 spiro atoms. The van der Waals surface area contributed by atoms with Gasteiger partial charge in [-0.05, 0) is 29.0 Å². The molecule has 0 heterocycles. The third-order valence-electron chi connectivity index (χ3n) is 2.86. The van der Waals surface area contributed by atoms with Gasteiger partial charge in [0, 0.05) is 5.92 Å². The third kappa shape index (κ3) is 3.58. The van der Waals surface area contributed by atoms with Gasteiger partial charge >= 0.3 is 0 Å². The van der Waals surface area contributed by atoms with Gasteiger partial charge in [0.1, 0.15) is 12.0 Å². The van der Waals surface area contributed by atoms with E-state index in [2.05, 4.69) is 26.8 Å². The van der Waals surface area contributed by atoms with Gasteiger partial charge in [0.25, 0.3) is 0 Å². The fourth-order valence-electron chi connectivity index (χ4n) is 1.89. The lowest BCUT2D eigenvalue weighted by Crippen LogP contribution is -2.14. The molecule has 1 aromatic rings. The molecule has 0 saturated heterocycles. The molecule has 0 N–H and O–H groups in total. The molecule has 2 nitrogen and oxygen atoms in total. The maximum atomic E-state index is 10.7. The summed E-state index contributed by atoms with van der Waals surface area (Å²) in [7, 11) is 1.69. The van der Waals surface area contributed by atoms with Crippen LogP contribution in [0.4, 0.5) is 0 Å². The Labute approximate surface area is 104 Å². The van der Waals surface area contributed by atoms with Crippen LogP contribution in [0.3, 0.4) is 0 Å². The van der Waals surface area contributed by atoms with E-state index >= 15 is 0 Å². The van der Waals surface area contributed by atoms with Crippen molar-refractivity contribution in [3.63, 3.8) is 0 Å². The van der Waals surface area contributed by atoms with E-state index in [9.17, 15) is 4.79 Å². The van der Waals surface area contributed by atoms with E-state index in [-0.39, 0.29) is 11.3 Å². The molecule has 0 amide bonds. The van der Waals surface area contributed by atoms with Gasteiger partial charge in [0.15, 0.2) is 0 Å². The van der Waals surface area contributed by atoms with Crippen molar-refractivity contribution in [2.75, 3.05) is 7.11 Å². The summed E-state index contributed by atoms with van der Waals surface area (Å²) in [5.74, 6) is 0.983. The Hall–Kier alpha value is -1.31. The van der Waals surface area contributed by atoms with E-state index in [0.29, 0.717) is 0 Å². The van der Waals surface area contributed by atoms with Crippen LogP contribution in [0.5, 0.6) is 5.75 Å². The molecule has 94 valence electrons. The van der Waals surface area contributed by atoms with E-state index in [1.54, 1.807) is 7.11 Å². The SMILES string of the molecule is COc1ccc(C[C@@H](C)C=O)cc1C(C)(C)C. The predicted molar refractivity (Wildman–Crippen MR) is 70.6 cm³/mol. The zero-order valence-corrected chi connectivity index (χ0v) is 11.4. The second kappa shape index (κ2) is 5.35. The van der Waals surface area contributed by atoms with Gasteiger partial charge in [-0.15, -0.1) is 0 Å². The molecule has 0 fully saturated rings. The minimum absolute atomic E-state index is 0.0474. The number of carbonyl (C=O) groups is 1. The quantitative estimate of drug-likeness (QED) is 0.747. The van der Waals surface area contributed by atoms with Crippen molar-refractivity contribution in [3.05, 3.63) is 29.3 Å². The monoisotopic (exact) mass is 234 g/mol. The van der Waals surface area contributed by atoms with Gasteiger partial charge in [-0.2, -0.15) is 0 Å². The lowest BCUT2D eigenvalue weighted by atomic mass is 9.84. The third-order valence-corrected chi connectivity index (χ3v) is 2.86. The first-order chi connectivity index (χ1) is 7.88. The highest BCUT2D eigenvalue weighted by atomic mass is 16.5. The van der Waals surface area contributed by atoms with E-state index in [0.717, 1.165) is 18.5 Å². The topological polar surface area (TPSA) is 26.3 Å². The Morgan fingerprint density at radius 1 is 1.35 bits per heavy atom. The molecule has 0 bridgehead atoms. The van der Waals surface area contributed by atoms with Crippen molar-refractivity contribution in [3.8, 4) is 5.75 Å². The Morgan fingerprint density at radius 3 is 2.47 bits per heavy atom. The van der Waals surface area contributed by atoms with E-state index in [1.165, 1.54) is 11.1 Å². The summed E-state index contributed by atoms with van der Waals surface area (Å²) in [6, 6.07) is 6.18. The van der Waals surface area contributed by atoms with Crippen LogP contribution in [0.2, 0.25) is 0 Å². The summed E-state index contributed by atoms with van der Waals surface area (Å²) in [6.45, 7) is 8.43. The maximum Gasteiger partial charge on any atom is 0.123 e. The van der Waals surface area contributed by atoms with Crippen LogP contribution in [-0.2, 0) is 16.6 Å². The second-order valence-electron chi connectivity index (χ2n) is 5.60. The molecule has 0 saturated carbocycles. The fourth-order valence-corrected chi connectivity index (χ4v) is 1.89. The van der Waals surface area contributed by atoms with Crippen molar-refractivity contribution < 1.29 is 9.53 Å². The zero-order valence-electron chi connectivity index (χ0n) is 11.4. The van der Waals surface area contributed by atoms with Crippen LogP contribution in [0, 0.1) is 5.92 Å². The summed E-state index contributed by atoms with van der Waals surface area (Å²) in [6.07, 6.45) is 1.79. The number of ether oxygens (including phenoxy) is 1. The molecule has 17 heavy (non-hydrogen) atoms. The smallest absolute Gasteiger partial charge is 0.123 e. The van der Waals surface area contributed by atoms with Gasteiger partial charge in [-0.25, -0.2) is 0 Å². The first kappa shape index (κ1) is 13.8. The molecule has 0 aliphatic rings. The highest BCUT2D eigenvalue weighted by Gasteiger charge is 2.19. The highest BCUT2D eigenvalue weighted by Crippen LogP contribution is 2.32. The average Bonchev–Trinajstić information content (AvgIpc) is 2.27. The molecule has 1 atom stereocenters. The Bertz CT molecular complexity index is 388. The molecule has 0 unspecified atom stereocenters. The summed E-state index contributed by atoms with van der Waals surface area (Å²) in [5.41, 5.74) is 2.43. The standard InChI is InChI=1S/C15H22O2/c1-11(10-16)8-12-6-7-14(17-5)13(9-12)15(2,3)4/h6-7,9-11H,8H2,1-5H3/t11-/m1/s1. The van der Waals surface area contributed by atoms with E-state index in [4.69, 9.17) is 4.74 Å². The van der Waals surface area contributed by atoms with Crippen LogP contribution >= 0.6 is 0 Å². The number of carbonyl (C=O) groups excluding carboxylic acids is 1. The molecular weight excluding hydrogens is 212 g/mol. The normalized spacial score (nSPS) is 13.2. The maximum absolute atomic E-state index is 10.7. The number of methoxy groups -OCH3 is 1. The van der Waals surface area contributed by atoms with E-state index in [1.807, 2.05) is 19.1 Å². The minimum atomic E-state index is 0.0474. The molecule has 0 aliphatic carbocycles. The Morgan fingerprint density at radius 2 is 2.00 bits per heavy atom. The molecule has 1 aromatic carbocycles. The van der Waals surface area contributed by atoms with Crippen LogP contribution in [0.1, 0.15) is 38.8 Å². The number of aldehydes is 1. The van der Waals surface area contributed by atoms with Crippen molar-refractivity contribution in [2.24, 2.45) is 5.92 Å². The van der Waals surface area contributed by atoms with Gasteiger partial charge in [-0.3, -0.25) is 0 Å². The van der Waals surface area contributed by atoms with Crippen LogP contribution in [0.15, 0.2) is 18.2 Å². The lowest BCUT2D eigenvalue weighted by Gasteiger charge is -2.23. The van der Waals surface area contributed by atoms with Gasteiger partial charge < -0.3 is 9.53 Å².